The molecule has 3 rings (SSSR count). The molecule has 110 valence electrons. The number of hydrogen-bond donors (Lipinski definition) is 1. The monoisotopic (exact) mass is 278 g/mol. The van der Waals surface area contributed by atoms with E-state index in [0.717, 1.165) is 25.2 Å². The van der Waals surface area contributed by atoms with E-state index in [2.05, 4.69) is 10.2 Å². The molecule has 2 fully saturated rings. The Kier molecular flexibility index (Phi) is 3.94. The first-order valence-corrected chi connectivity index (χ1v) is 7.54. The molecule has 3 nitrogen and oxygen atoms in total. The number of benzene rings is 1. The highest BCUT2D eigenvalue weighted by atomic mass is 19.1. The lowest BCUT2D eigenvalue weighted by molar-refractivity contribution is -0.00539. The lowest BCUT2D eigenvalue weighted by atomic mass is 10.1. The molecule has 1 aromatic rings. The van der Waals surface area contributed by atoms with Gasteiger partial charge < -0.3 is 15.0 Å². The maximum Gasteiger partial charge on any atom is 0.146 e. The molecule has 1 aliphatic carbocycles. The molecule has 0 aromatic heterocycles. The third-order valence-electron chi connectivity index (χ3n) is 3.94. The molecule has 2 atom stereocenters. The predicted octanol–water partition coefficient (Wildman–Crippen LogP) is 2.69. The molecule has 1 saturated carbocycles. The van der Waals surface area contributed by atoms with Gasteiger partial charge in [0, 0.05) is 25.7 Å². The van der Waals surface area contributed by atoms with Crippen LogP contribution in [0.25, 0.3) is 0 Å². The summed E-state index contributed by atoms with van der Waals surface area (Å²) in [6.45, 7) is 6.41. The molecule has 2 unspecified atom stereocenters. The molecule has 1 heterocycles. The standard InChI is InChI=1S/C16H23FN2O/c1-11-9-19(10-12(2)20-11)16-7-13(3-6-15(16)17)8-18-14-4-5-14/h3,6-7,11-12,14,18H,4-5,8-10H2,1-2H3. The van der Waals surface area contributed by atoms with Crippen LogP contribution in [-0.2, 0) is 11.3 Å². The number of halogens is 1. The number of ether oxygens (including phenoxy) is 1. The highest BCUT2D eigenvalue weighted by Gasteiger charge is 2.25. The lowest BCUT2D eigenvalue weighted by Gasteiger charge is -2.37. The van der Waals surface area contributed by atoms with Gasteiger partial charge in [0.05, 0.1) is 17.9 Å². The fourth-order valence-electron chi connectivity index (χ4n) is 2.83. The van der Waals surface area contributed by atoms with Crippen molar-refractivity contribution in [2.24, 2.45) is 0 Å². The van der Waals surface area contributed by atoms with Gasteiger partial charge in [-0.05, 0) is 44.4 Å². The first kappa shape index (κ1) is 13.8. The largest absolute Gasteiger partial charge is 0.372 e. The third-order valence-corrected chi connectivity index (χ3v) is 3.94. The van der Waals surface area contributed by atoms with E-state index >= 15 is 0 Å². The Labute approximate surface area is 120 Å². The topological polar surface area (TPSA) is 24.5 Å². The van der Waals surface area contributed by atoms with Crippen LogP contribution in [0.15, 0.2) is 18.2 Å². The van der Waals surface area contributed by atoms with Crippen molar-refractivity contribution in [2.75, 3.05) is 18.0 Å². The SMILES string of the molecule is CC1CN(c2cc(CNC3CC3)ccc2F)CC(C)O1. The van der Waals surface area contributed by atoms with Crippen LogP contribution in [0.3, 0.4) is 0 Å². The van der Waals surface area contributed by atoms with Gasteiger partial charge in [0.25, 0.3) is 0 Å². The zero-order chi connectivity index (χ0) is 14.1. The second kappa shape index (κ2) is 5.70. The summed E-state index contributed by atoms with van der Waals surface area (Å²) >= 11 is 0. The van der Waals surface area contributed by atoms with Crippen LogP contribution in [0.4, 0.5) is 10.1 Å². The molecule has 1 saturated heterocycles. The van der Waals surface area contributed by atoms with E-state index in [1.54, 1.807) is 6.07 Å². The summed E-state index contributed by atoms with van der Waals surface area (Å²) < 4.78 is 19.8. The van der Waals surface area contributed by atoms with Crippen molar-refractivity contribution in [3.63, 3.8) is 0 Å². The highest BCUT2D eigenvalue weighted by molar-refractivity contribution is 5.50. The number of nitrogens with one attached hydrogen (secondary N) is 1. The molecule has 2 aliphatic rings. The second-order valence-corrected chi connectivity index (χ2v) is 6.10. The molecule has 4 heteroatoms. The number of nitrogens with zero attached hydrogens (tertiary/aromatic N) is 1. The van der Waals surface area contributed by atoms with Crippen LogP contribution in [0.2, 0.25) is 0 Å². The fourth-order valence-corrected chi connectivity index (χ4v) is 2.83. The van der Waals surface area contributed by atoms with Crippen molar-refractivity contribution < 1.29 is 9.13 Å². The summed E-state index contributed by atoms with van der Waals surface area (Å²) in [5.74, 6) is -0.138. The number of rotatable bonds is 4. The Bertz CT molecular complexity index is 466. The lowest BCUT2D eigenvalue weighted by Crippen LogP contribution is -2.45. The molecule has 0 radical (unpaired) electrons. The Balaban J connectivity index is 1.74. The summed E-state index contributed by atoms with van der Waals surface area (Å²) in [6.07, 6.45) is 2.83. The normalized spacial score (nSPS) is 26.9. The van der Waals surface area contributed by atoms with E-state index in [9.17, 15) is 4.39 Å². The Morgan fingerprint density at radius 3 is 2.60 bits per heavy atom. The number of anilines is 1. The minimum atomic E-state index is -0.138. The average molecular weight is 278 g/mol. The Morgan fingerprint density at radius 1 is 1.25 bits per heavy atom. The van der Waals surface area contributed by atoms with Gasteiger partial charge in [0.1, 0.15) is 5.82 Å². The molecule has 0 spiro atoms. The average Bonchev–Trinajstić information content (AvgIpc) is 3.20. The van der Waals surface area contributed by atoms with Crippen molar-refractivity contribution in [3.05, 3.63) is 29.6 Å². The zero-order valence-corrected chi connectivity index (χ0v) is 12.2. The first-order chi connectivity index (χ1) is 9.61. The van der Waals surface area contributed by atoms with E-state index in [1.807, 2.05) is 26.0 Å². The van der Waals surface area contributed by atoms with Gasteiger partial charge >= 0.3 is 0 Å². The quantitative estimate of drug-likeness (QED) is 0.916. The van der Waals surface area contributed by atoms with Crippen LogP contribution in [0.1, 0.15) is 32.3 Å². The molecule has 1 aromatic carbocycles. The van der Waals surface area contributed by atoms with Crippen LogP contribution in [-0.4, -0.2) is 31.3 Å². The van der Waals surface area contributed by atoms with Crippen molar-refractivity contribution >= 4 is 5.69 Å². The van der Waals surface area contributed by atoms with E-state index in [0.29, 0.717) is 11.7 Å². The smallest absolute Gasteiger partial charge is 0.146 e. The van der Waals surface area contributed by atoms with E-state index in [-0.39, 0.29) is 18.0 Å². The molecular formula is C16H23FN2O. The minimum absolute atomic E-state index is 0.138. The molecule has 1 N–H and O–H groups in total. The van der Waals surface area contributed by atoms with E-state index in [4.69, 9.17) is 4.74 Å². The van der Waals surface area contributed by atoms with Gasteiger partial charge in [0.2, 0.25) is 0 Å². The van der Waals surface area contributed by atoms with Gasteiger partial charge in [0.15, 0.2) is 0 Å². The second-order valence-electron chi connectivity index (χ2n) is 6.10. The summed E-state index contributed by atoms with van der Waals surface area (Å²) in [5, 5.41) is 3.47. The van der Waals surface area contributed by atoms with Crippen LogP contribution in [0, 0.1) is 5.82 Å². The van der Waals surface area contributed by atoms with E-state index in [1.165, 1.54) is 12.8 Å². The Hall–Kier alpha value is -1.13. The van der Waals surface area contributed by atoms with Crippen molar-refractivity contribution in [2.45, 2.75) is 51.5 Å². The minimum Gasteiger partial charge on any atom is -0.372 e. The van der Waals surface area contributed by atoms with Crippen molar-refractivity contribution in [1.29, 1.82) is 0 Å². The summed E-state index contributed by atoms with van der Waals surface area (Å²) in [6, 6.07) is 6.12. The molecule has 20 heavy (non-hydrogen) atoms. The number of morpholine rings is 1. The fraction of sp³-hybridized carbons (Fsp3) is 0.625. The van der Waals surface area contributed by atoms with Crippen molar-refractivity contribution in [1.82, 2.24) is 5.32 Å². The first-order valence-electron chi connectivity index (χ1n) is 7.54. The maximum atomic E-state index is 14.1. The molecule has 1 aliphatic heterocycles. The molecule has 0 amide bonds. The summed E-state index contributed by atoms with van der Waals surface area (Å²) in [4.78, 5) is 2.11. The molecule has 0 bridgehead atoms. The summed E-state index contributed by atoms with van der Waals surface area (Å²) in [7, 11) is 0. The van der Waals surface area contributed by atoms with Crippen LogP contribution in [0.5, 0.6) is 0 Å². The van der Waals surface area contributed by atoms with Crippen molar-refractivity contribution in [3.8, 4) is 0 Å². The van der Waals surface area contributed by atoms with Gasteiger partial charge in [-0.25, -0.2) is 4.39 Å². The number of hydrogen-bond acceptors (Lipinski definition) is 3. The van der Waals surface area contributed by atoms with Gasteiger partial charge in [-0.3, -0.25) is 0 Å². The zero-order valence-electron chi connectivity index (χ0n) is 12.2. The molecular weight excluding hydrogens is 255 g/mol. The van der Waals surface area contributed by atoms with Crippen LogP contribution >= 0.6 is 0 Å². The summed E-state index contributed by atoms with van der Waals surface area (Å²) in [5.41, 5.74) is 1.86. The third kappa shape index (κ3) is 3.30. The van der Waals surface area contributed by atoms with Gasteiger partial charge in [-0.2, -0.15) is 0 Å². The van der Waals surface area contributed by atoms with Gasteiger partial charge in [-0.15, -0.1) is 0 Å². The predicted molar refractivity (Wildman–Crippen MR) is 78.5 cm³/mol. The van der Waals surface area contributed by atoms with E-state index < -0.39 is 0 Å². The van der Waals surface area contributed by atoms with Gasteiger partial charge in [-0.1, -0.05) is 6.07 Å². The maximum absolute atomic E-state index is 14.1. The Morgan fingerprint density at radius 2 is 1.95 bits per heavy atom. The van der Waals surface area contributed by atoms with Crippen LogP contribution < -0.4 is 10.2 Å². The highest BCUT2D eigenvalue weighted by Crippen LogP contribution is 2.25.